The van der Waals surface area contributed by atoms with Crippen molar-refractivity contribution < 1.29 is 4.74 Å². The molecule has 28 heavy (non-hydrogen) atoms. The van der Waals surface area contributed by atoms with Gasteiger partial charge in [0.05, 0.1) is 18.5 Å². The Morgan fingerprint density at radius 1 is 1.11 bits per heavy atom. The molecule has 0 unspecified atom stereocenters. The van der Waals surface area contributed by atoms with Gasteiger partial charge in [0.2, 0.25) is 5.88 Å². The third kappa shape index (κ3) is 3.36. The molecule has 1 saturated heterocycles. The Morgan fingerprint density at radius 2 is 1.89 bits per heavy atom. The summed E-state index contributed by atoms with van der Waals surface area (Å²) in [6.45, 7) is 3.31. The molecule has 7 heteroatoms. The maximum atomic E-state index is 5.32. The molecule has 0 N–H and O–H groups in total. The number of likely N-dealkylation sites (tertiary alicyclic amines) is 1. The van der Waals surface area contributed by atoms with E-state index in [0.717, 1.165) is 31.9 Å². The number of hydrogen-bond acceptors (Lipinski definition) is 6. The molecule has 5 rings (SSSR count). The Morgan fingerprint density at radius 3 is 2.64 bits per heavy atom. The molecule has 150 valence electrons. The molecule has 1 aliphatic heterocycles. The highest BCUT2D eigenvalue weighted by atomic mass is 16.5. The van der Waals surface area contributed by atoms with Gasteiger partial charge in [0.1, 0.15) is 12.1 Å². The Bertz CT molecular complexity index is 837. The molecular formula is C21H30N6O. The monoisotopic (exact) mass is 382 g/mol. The third-order valence-corrected chi connectivity index (χ3v) is 6.56. The van der Waals surface area contributed by atoms with Gasteiger partial charge in [0, 0.05) is 44.8 Å². The zero-order valence-electron chi connectivity index (χ0n) is 17.0. The fraction of sp³-hybridized carbons (Fsp3) is 0.667. The van der Waals surface area contributed by atoms with Crippen molar-refractivity contribution in [2.75, 3.05) is 25.1 Å². The zero-order chi connectivity index (χ0) is 19.1. The minimum Gasteiger partial charge on any atom is -0.481 e. The van der Waals surface area contributed by atoms with Crippen molar-refractivity contribution in [3.8, 4) is 5.88 Å². The van der Waals surface area contributed by atoms with E-state index >= 15 is 0 Å². The van der Waals surface area contributed by atoms with Crippen LogP contribution in [0.15, 0.2) is 12.4 Å². The number of aromatic nitrogens is 4. The molecule has 3 aliphatic rings. The average molecular weight is 383 g/mol. The maximum Gasteiger partial charge on any atom is 0.218 e. The highest BCUT2D eigenvalue weighted by molar-refractivity contribution is 5.45. The van der Waals surface area contributed by atoms with Crippen LogP contribution in [0.25, 0.3) is 0 Å². The van der Waals surface area contributed by atoms with Gasteiger partial charge in [0.15, 0.2) is 0 Å². The summed E-state index contributed by atoms with van der Waals surface area (Å²) < 4.78 is 7.45. The highest BCUT2D eigenvalue weighted by Crippen LogP contribution is 2.36. The summed E-state index contributed by atoms with van der Waals surface area (Å²) in [6.07, 6.45) is 10.2. The molecular weight excluding hydrogens is 352 g/mol. The minimum absolute atomic E-state index is 0.556. The molecule has 1 saturated carbocycles. The lowest BCUT2D eigenvalue weighted by atomic mass is 10.0. The lowest BCUT2D eigenvalue weighted by Gasteiger charge is -2.39. The number of anilines is 1. The van der Waals surface area contributed by atoms with Crippen LogP contribution < -0.4 is 9.64 Å². The Labute approximate surface area is 166 Å². The number of nitrogens with zero attached hydrogens (tertiary/aromatic N) is 6. The first-order chi connectivity index (χ1) is 13.7. The van der Waals surface area contributed by atoms with Crippen LogP contribution in [0, 0.1) is 0 Å². The fourth-order valence-electron chi connectivity index (χ4n) is 4.96. The molecule has 0 aromatic carbocycles. The molecule has 0 spiro atoms. The van der Waals surface area contributed by atoms with Crippen molar-refractivity contribution in [1.82, 2.24) is 24.6 Å². The van der Waals surface area contributed by atoms with Crippen LogP contribution in [0.3, 0.4) is 0 Å². The maximum absolute atomic E-state index is 5.32. The second kappa shape index (κ2) is 7.35. The second-order valence-electron chi connectivity index (χ2n) is 8.41. The normalized spacial score (nSPS) is 20.4. The second-order valence-corrected chi connectivity index (χ2v) is 8.41. The van der Waals surface area contributed by atoms with Crippen molar-refractivity contribution in [2.45, 2.75) is 63.6 Å². The van der Waals surface area contributed by atoms with Crippen LogP contribution in [0.5, 0.6) is 5.88 Å². The number of methoxy groups -OCH3 is 1. The third-order valence-electron chi connectivity index (χ3n) is 6.56. The van der Waals surface area contributed by atoms with E-state index in [1.807, 2.05) is 6.07 Å². The van der Waals surface area contributed by atoms with Crippen molar-refractivity contribution in [1.29, 1.82) is 0 Å². The number of ether oxygens (including phenoxy) is 1. The Hall–Kier alpha value is -2.15. The number of aryl methyl sites for hydroxylation is 2. The topological polar surface area (TPSA) is 59.3 Å². The zero-order valence-corrected chi connectivity index (χ0v) is 17.0. The number of rotatable bonds is 6. The molecule has 2 fully saturated rings. The van der Waals surface area contributed by atoms with E-state index in [2.05, 4.69) is 31.5 Å². The number of hydrogen-bond donors (Lipinski definition) is 0. The molecule has 0 amide bonds. The molecule has 2 aromatic heterocycles. The Balaban J connectivity index is 1.26. The molecule has 0 atom stereocenters. The van der Waals surface area contributed by atoms with Crippen LogP contribution in [0.2, 0.25) is 0 Å². The van der Waals surface area contributed by atoms with E-state index in [0.29, 0.717) is 18.0 Å². The summed E-state index contributed by atoms with van der Waals surface area (Å²) >= 11 is 0. The van der Waals surface area contributed by atoms with Gasteiger partial charge in [-0.2, -0.15) is 5.10 Å². The van der Waals surface area contributed by atoms with E-state index in [-0.39, 0.29) is 0 Å². The predicted molar refractivity (Wildman–Crippen MR) is 108 cm³/mol. The summed E-state index contributed by atoms with van der Waals surface area (Å²) in [5.41, 5.74) is 4.30. The predicted octanol–water partition coefficient (Wildman–Crippen LogP) is 2.34. The lowest BCUT2D eigenvalue weighted by molar-refractivity contribution is 0.195. The summed E-state index contributed by atoms with van der Waals surface area (Å²) in [5.74, 6) is 1.68. The molecule has 3 heterocycles. The lowest BCUT2D eigenvalue weighted by Crippen LogP contribution is -2.46. The fourth-order valence-corrected chi connectivity index (χ4v) is 4.96. The van der Waals surface area contributed by atoms with Crippen molar-refractivity contribution >= 4 is 5.82 Å². The van der Waals surface area contributed by atoms with Crippen molar-refractivity contribution in [3.05, 3.63) is 29.3 Å². The van der Waals surface area contributed by atoms with E-state index in [1.165, 1.54) is 55.5 Å². The largest absolute Gasteiger partial charge is 0.481 e. The van der Waals surface area contributed by atoms with Gasteiger partial charge in [-0.3, -0.25) is 9.58 Å². The molecule has 2 aromatic rings. The molecule has 0 radical (unpaired) electrons. The van der Waals surface area contributed by atoms with Crippen LogP contribution in [0.4, 0.5) is 5.82 Å². The number of fused-ring (bicyclic) bond motifs is 1. The van der Waals surface area contributed by atoms with Gasteiger partial charge in [-0.15, -0.1) is 0 Å². The summed E-state index contributed by atoms with van der Waals surface area (Å²) in [5, 5.41) is 4.74. The first-order valence-electron chi connectivity index (χ1n) is 10.6. The summed E-state index contributed by atoms with van der Waals surface area (Å²) in [4.78, 5) is 13.9. The van der Waals surface area contributed by atoms with E-state index < -0.39 is 0 Å². The van der Waals surface area contributed by atoms with E-state index in [9.17, 15) is 0 Å². The molecule has 7 nitrogen and oxygen atoms in total. The van der Waals surface area contributed by atoms with Crippen molar-refractivity contribution in [2.24, 2.45) is 7.05 Å². The highest BCUT2D eigenvalue weighted by Gasteiger charge is 2.37. The van der Waals surface area contributed by atoms with Crippen LogP contribution >= 0.6 is 0 Å². The first-order valence-corrected chi connectivity index (χ1v) is 10.6. The van der Waals surface area contributed by atoms with E-state index in [1.54, 1.807) is 13.4 Å². The molecule has 2 aliphatic carbocycles. The van der Waals surface area contributed by atoms with Gasteiger partial charge in [-0.25, -0.2) is 9.97 Å². The first kappa shape index (κ1) is 17.9. The molecule has 0 bridgehead atoms. The van der Waals surface area contributed by atoms with Gasteiger partial charge in [0.25, 0.3) is 0 Å². The van der Waals surface area contributed by atoms with Gasteiger partial charge < -0.3 is 9.64 Å². The smallest absolute Gasteiger partial charge is 0.218 e. The van der Waals surface area contributed by atoms with Gasteiger partial charge in [-0.1, -0.05) is 0 Å². The van der Waals surface area contributed by atoms with Crippen molar-refractivity contribution in [3.63, 3.8) is 0 Å². The SMILES string of the molecule is COc1cc(N(C2CC2)C2CCN(Cc3c4c(nn3C)CCC4)CC2)ncn1. The summed E-state index contributed by atoms with van der Waals surface area (Å²) in [7, 11) is 3.78. The number of piperidine rings is 1. The summed E-state index contributed by atoms with van der Waals surface area (Å²) in [6, 6.07) is 3.18. The minimum atomic E-state index is 0.556. The standard InChI is InChI=1S/C21H30N6O/c1-25-19(17-4-3-5-18(17)24-25)13-26-10-8-16(9-11-26)27(15-6-7-15)20-12-21(28-2)23-14-22-20/h12,14-16H,3-11,13H2,1-2H3. The quantitative estimate of drug-likeness (QED) is 0.764. The van der Waals surface area contributed by atoms with Crippen LogP contribution in [0.1, 0.15) is 49.1 Å². The van der Waals surface area contributed by atoms with E-state index in [4.69, 9.17) is 9.84 Å². The van der Waals surface area contributed by atoms with Gasteiger partial charge in [-0.05, 0) is 50.5 Å². The Kier molecular flexibility index (Phi) is 4.70. The van der Waals surface area contributed by atoms with Crippen LogP contribution in [-0.4, -0.2) is 56.9 Å². The van der Waals surface area contributed by atoms with Gasteiger partial charge >= 0.3 is 0 Å². The average Bonchev–Trinajstić information content (AvgIpc) is 3.37. The van der Waals surface area contributed by atoms with Crippen LogP contribution in [-0.2, 0) is 26.4 Å².